The van der Waals surface area contributed by atoms with Crippen molar-refractivity contribution in [3.63, 3.8) is 0 Å². The Morgan fingerprint density at radius 1 is 1.00 bits per heavy atom. The van der Waals surface area contributed by atoms with Gasteiger partial charge in [-0.2, -0.15) is 0 Å². The molecule has 0 bridgehead atoms. The lowest BCUT2D eigenvalue weighted by atomic mass is 9.99. The molecule has 1 aliphatic heterocycles. The van der Waals surface area contributed by atoms with E-state index in [9.17, 15) is 14.4 Å². The Balaban J connectivity index is 1.64. The third-order valence-corrected chi connectivity index (χ3v) is 4.71. The molecular formula is C24H27NO6. The van der Waals surface area contributed by atoms with Gasteiger partial charge in [0.05, 0.1) is 18.8 Å². The third-order valence-electron chi connectivity index (χ3n) is 4.71. The first-order valence-electron chi connectivity index (χ1n) is 10.4. The molecule has 0 aromatic heterocycles. The summed E-state index contributed by atoms with van der Waals surface area (Å²) in [6.45, 7) is 6.51. The Labute approximate surface area is 181 Å². The van der Waals surface area contributed by atoms with Crippen molar-refractivity contribution < 1.29 is 28.6 Å². The van der Waals surface area contributed by atoms with Crippen LogP contribution in [0.3, 0.4) is 0 Å². The molecule has 0 spiro atoms. The first kappa shape index (κ1) is 22.3. The lowest BCUT2D eigenvalue weighted by Crippen LogP contribution is -2.20. The van der Waals surface area contributed by atoms with Crippen LogP contribution in [-0.2, 0) is 16.0 Å². The summed E-state index contributed by atoms with van der Waals surface area (Å²) in [6.07, 6.45) is 0.964. The molecule has 3 rings (SSSR count). The molecular weight excluding hydrogens is 398 g/mol. The number of carbonyl (C=O) groups is 3. The van der Waals surface area contributed by atoms with Crippen molar-refractivity contribution in [1.29, 1.82) is 0 Å². The highest BCUT2D eigenvalue weighted by molar-refractivity contribution is 6.01. The van der Waals surface area contributed by atoms with Crippen LogP contribution < -0.4 is 14.8 Å². The summed E-state index contributed by atoms with van der Waals surface area (Å²) in [7, 11) is 0. The molecule has 1 aliphatic rings. The van der Waals surface area contributed by atoms with E-state index in [-0.39, 0.29) is 23.9 Å². The normalized spacial score (nSPS) is 12.7. The van der Waals surface area contributed by atoms with Gasteiger partial charge in [0.2, 0.25) is 5.91 Å². The molecule has 1 heterocycles. The van der Waals surface area contributed by atoms with Crippen molar-refractivity contribution in [3.8, 4) is 11.5 Å². The number of benzene rings is 2. The Hall–Kier alpha value is -3.35. The summed E-state index contributed by atoms with van der Waals surface area (Å²) in [5.41, 5.74) is 2.33. The molecule has 31 heavy (non-hydrogen) atoms. The number of ether oxygens (including phenoxy) is 3. The average Bonchev–Trinajstić information content (AvgIpc) is 2.76. The Morgan fingerprint density at radius 3 is 2.52 bits per heavy atom. The number of rotatable bonds is 9. The van der Waals surface area contributed by atoms with Gasteiger partial charge in [0.1, 0.15) is 0 Å². The molecule has 1 amide bonds. The smallest absolute Gasteiger partial charge is 0.338 e. The van der Waals surface area contributed by atoms with Crippen molar-refractivity contribution in [2.24, 2.45) is 5.92 Å². The summed E-state index contributed by atoms with van der Waals surface area (Å²) in [4.78, 5) is 36.4. The van der Waals surface area contributed by atoms with Crippen LogP contribution in [0, 0.1) is 5.92 Å². The molecule has 0 saturated carbocycles. The van der Waals surface area contributed by atoms with E-state index in [4.69, 9.17) is 14.2 Å². The fourth-order valence-corrected chi connectivity index (χ4v) is 3.13. The summed E-state index contributed by atoms with van der Waals surface area (Å²) in [6, 6.07) is 9.88. The van der Waals surface area contributed by atoms with Crippen LogP contribution in [0.15, 0.2) is 36.4 Å². The molecule has 2 aromatic carbocycles. The van der Waals surface area contributed by atoms with Gasteiger partial charge < -0.3 is 19.5 Å². The van der Waals surface area contributed by atoms with Gasteiger partial charge in [0.15, 0.2) is 23.9 Å². The molecule has 164 valence electrons. The second-order valence-corrected chi connectivity index (χ2v) is 7.72. The van der Waals surface area contributed by atoms with E-state index < -0.39 is 5.97 Å². The minimum absolute atomic E-state index is 0.0347. The van der Waals surface area contributed by atoms with Crippen LogP contribution in [0.1, 0.15) is 53.5 Å². The van der Waals surface area contributed by atoms with Gasteiger partial charge in [-0.3, -0.25) is 9.59 Å². The number of esters is 1. The van der Waals surface area contributed by atoms with Gasteiger partial charge in [0.25, 0.3) is 0 Å². The van der Waals surface area contributed by atoms with E-state index in [1.165, 1.54) is 0 Å². The predicted octanol–water partition coefficient (Wildman–Crippen LogP) is 4.04. The number of hydrogen-bond acceptors (Lipinski definition) is 6. The zero-order chi connectivity index (χ0) is 22.4. The van der Waals surface area contributed by atoms with Gasteiger partial charge in [-0.05, 0) is 61.2 Å². The van der Waals surface area contributed by atoms with E-state index in [0.717, 1.165) is 5.56 Å². The van der Waals surface area contributed by atoms with E-state index in [0.29, 0.717) is 54.7 Å². The fourth-order valence-electron chi connectivity index (χ4n) is 3.13. The minimum atomic E-state index is -0.616. The monoisotopic (exact) mass is 425 g/mol. The van der Waals surface area contributed by atoms with Gasteiger partial charge in [0, 0.05) is 17.7 Å². The molecule has 7 heteroatoms. The molecule has 0 radical (unpaired) electrons. The van der Waals surface area contributed by atoms with Crippen LogP contribution >= 0.6 is 0 Å². The molecule has 1 N–H and O–H groups in total. The maximum Gasteiger partial charge on any atom is 0.338 e. The SMILES string of the molecule is CCOc1cc(C(=O)OCC(=O)c2ccc3c(c2)CCC(=O)N3)ccc1OCC(C)C. The molecule has 0 atom stereocenters. The first-order chi connectivity index (χ1) is 14.9. The van der Waals surface area contributed by atoms with Crippen molar-refractivity contribution in [1.82, 2.24) is 0 Å². The molecule has 0 saturated heterocycles. The van der Waals surface area contributed by atoms with Crippen LogP contribution in [0.5, 0.6) is 11.5 Å². The number of hydrogen-bond donors (Lipinski definition) is 1. The van der Waals surface area contributed by atoms with Crippen LogP contribution in [-0.4, -0.2) is 37.5 Å². The van der Waals surface area contributed by atoms with Crippen molar-refractivity contribution in [2.75, 3.05) is 25.1 Å². The second kappa shape index (κ2) is 10.1. The summed E-state index contributed by atoms with van der Waals surface area (Å²) < 4.78 is 16.5. The van der Waals surface area contributed by atoms with Gasteiger partial charge in [-0.25, -0.2) is 4.79 Å². The largest absolute Gasteiger partial charge is 0.490 e. The van der Waals surface area contributed by atoms with Gasteiger partial charge >= 0.3 is 5.97 Å². The Morgan fingerprint density at radius 2 is 1.77 bits per heavy atom. The highest BCUT2D eigenvalue weighted by Gasteiger charge is 2.19. The molecule has 0 aliphatic carbocycles. The predicted molar refractivity (Wildman–Crippen MR) is 116 cm³/mol. The van der Waals surface area contributed by atoms with Gasteiger partial charge in [-0.1, -0.05) is 13.8 Å². The minimum Gasteiger partial charge on any atom is -0.490 e. The number of anilines is 1. The second-order valence-electron chi connectivity index (χ2n) is 7.72. The summed E-state index contributed by atoms with van der Waals surface area (Å²) in [5.74, 6) is 0.410. The number of Topliss-reactive ketones (excluding diaryl/α,β-unsaturated/α-hetero) is 1. The zero-order valence-corrected chi connectivity index (χ0v) is 18.0. The number of fused-ring (bicyclic) bond motifs is 1. The first-order valence-corrected chi connectivity index (χ1v) is 10.4. The quantitative estimate of drug-likeness (QED) is 0.482. The lowest BCUT2D eigenvalue weighted by Gasteiger charge is -2.17. The summed E-state index contributed by atoms with van der Waals surface area (Å²) >= 11 is 0. The van der Waals surface area contributed by atoms with Crippen molar-refractivity contribution in [3.05, 3.63) is 53.1 Å². The average molecular weight is 425 g/mol. The number of aryl methyl sites for hydroxylation is 1. The number of nitrogens with one attached hydrogen (secondary N) is 1. The Bertz CT molecular complexity index is 982. The summed E-state index contributed by atoms with van der Waals surface area (Å²) in [5, 5.41) is 2.78. The third kappa shape index (κ3) is 5.84. The highest BCUT2D eigenvalue weighted by atomic mass is 16.5. The fraction of sp³-hybridized carbons (Fsp3) is 0.375. The lowest BCUT2D eigenvalue weighted by molar-refractivity contribution is -0.116. The highest BCUT2D eigenvalue weighted by Crippen LogP contribution is 2.29. The van der Waals surface area contributed by atoms with Crippen molar-refractivity contribution >= 4 is 23.3 Å². The van der Waals surface area contributed by atoms with E-state index in [2.05, 4.69) is 5.32 Å². The van der Waals surface area contributed by atoms with Crippen LogP contribution in [0.25, 0.3) is 0 Å². The number of carbonyl (C=O) groups excluding carboxylic acids is 3. The van der Waals surface area contributed by atoms with Gasteiger partial charge in [-0.15, -0.1) is 0 Å². The van der Waals surface area contributed by atoms with Crippen LogP contribution in [0.4, 0.5) is 5.69 Å². The van der Waals surface area contributed by atoms with E-state index >= 15 is 0 Å². The number of ketones is 1. The number of amides is 1. The molecule has 0 unspecified atom stereocenters. The maximum atomic E-state index is 12.5. The van der Waals surface area contributed by atoms with Crippen molar-refractivity contribution in [2.45, 2.75) is 33.6 Å². The van der Waals surface area contributed by atoms with E-state index in [1.807, 2.05) is 20.8 Å². The van der Waals surface area contributed by atoms with E-state index in [1.54, 1.807) is 36.4 Å². The van der Waals surface area contributed by atoms with Crippen LogP contribution in [0.2, 0.25) is 0 Å². The molecule has 2 aromatic rings. The topological polar surface area (TPSA) is 90.9 Å². The maximum absolute atomic E-state index is 12.5. The molecule has 0 fully saturated rings. The standard InChI is InChI=1S/C24H27NO6/c1-4-29-22-12-18(6-9-21(22)30-13-15(2)3)24(28)31-14-20(26)17-5-8-19-16(11-17)7-10-23(27)25-19/h5-6,8-9,11-12,15H,4,7,10,13-14H2,1-3H3,(H,25,27). The zero-order valence-electron chi connectivity index (χ0n) is 18.0. The Kier molecular flexibility index (Phi) is 7.28. The molecule has 7 nitrogen and oxygen atoms in total.